The average molecular weight is 235 g/mol. The van der Waals surface area contributed by atoms with E-state index < -0.39 is 0 Å². The zero-order valence-electron chi connectivity index (χ0n) is 9.39. The Bertz CT molecular complexity index is 357. The van der Waals surface area contributed by atoms with Gasteiger partial charge < -0.3 is 0 Å². The highest BCUT2D eigenvalue weighted by molar-refractivity contribution is 7.09. The zero-order valence-corrected chi connectivity index (χ0v) is 10.2. The molecule has 16 heavy (non-hydrogen) atoms. The lowest BCUT2D eigenvalue weighted by Crippen LogP contribution is -2.51. The second-order valence-electron chi connectivity index (χ2n) is 4.94. The second-order valence-corrected chi connectivity index (χ2v) is 5.97. The highest BCUT2D eigenvalue weighted by Gasteiger charge is 2.37. The molecule has 0 saturated carbocycles. The van der Waals surface area contributed by atoms with Crippen molar-refractivity contribution in [3.63, 3.8) is 0 Å². The lowest BCUT2D eigenvalue weighted by molar-refractivity contribution is -0.127. The van der Waals surface area contributed by atoms with Gasteiger partial charge in [-0.05, 0) is 24.3 Å². The van der Waals surface area contributed by atoms with Gasteiger partial charge in [0.1, 0.15) is 5.78 Å². The van der Waals surface area contributed by atoms with Crippen molar-refractivity contribution in [3.8, 4) is 0 Å². The van der Waals surface area contributed by atoms with E-state index >= 15 is 0 Å². The summed E-state index contributed by atoms with van der Waals surface area (Å²) in [6, 6.07) is 5.38. The molecule has 1 aromatic heterocycles. The van der Waals surface area contributed by atoms with Crippen LogP contribution in [0.25, 0.3) is 0 Å². The molecule has 0 amide bonds. The van der Waals surface area contributed by atoms with Crippen molar-refractivity contribution in [2.45, 2.75) is 50.7 Å². The molecule has 0 unspecified atom stereocenters. The number of fused-ring (bicyclic) bond motifs is 2. The summed E-state index contributed by atoms with van der Waals surface area (Å²) in [4.78, 5) is 15.6. The first-order valence-corrected chi connectivity index (χ1v) is 7.01. The molecule has 0 aliphatic carbocycles. The van der Waals surface area contributed by atoms with Crippen molar-refractivity contribution in [1.29, 1.82) is 0 Å². The van der Waals surface area contributed by atoms with Crippen LogP contribution in [0, 0.1) is 0 Å². The maximum Gasteiger partial charge on any atom is 0.136 e. The smallest absolute Gasteiger partial charge is 0.136 e. The molecular formula is C13H17NOS. The molecule has 0 spiro atoms. The van der Waals surface area contributed by atoms with Crippen LogP contribution in [-0.4, -0.2) is 22.8 Å². The summed E-state index contributed by atoms with van der Waals surface area (Å²) in [5.41, 5.74) is 0. The number of rotatable bonds is 2. The Morgan fingerprint density at radius 1 is 1.31 bits per heavy atom. The maximum atomic E-state index is 11.6. The number of ketones is 1. The standard InChI is InChI=1S/C13H17NOS/c15-12-7-10-3-1-4-11(8-12)14(10)9-13-5-2-6-16-13/h2,5-6,10-11H,1,3-4,7-9H2/t10-,11-/m1/s1. The third-order valence-electron chi connectivity index (χ3n) is 3.86. The van der Waals surface area contributed by atoms with Crippen LogP contribution in [0.3, 0.4) is 0 Å². The molecule has 2 atom stereocenters. The Morgan fingerprint density at radius 3 is 2.69 bits per heavy atom. The van der Waals surface area contributed by atoms with E-state index in [2.05, 4.69) is 22.4 Å². The van der Waals surface area contributed by atoms with Crippen molar-refractivity contribution < 1.29 is 4.79 Å². The third-order valence-corrected chi connectivity index (χ3v) is 4.72. The predicted octanol–water partition coefficient (Wildman–Crippen LogP) is 2.83. The number of hydrogen-bond donors (Lipinski definition) is 0. The van der Waals surface area contributed by atoms with Crippen LogP contribution in [0.15, 0.2) is 17.5 Å². The number of carbonyl (C=O) groups is 1. The molecule has 0 aromatic carbocycles. The molecule has 2 aliphatic rings. The molecule has 2 nitrogen and oxygen atoms in total. The molecule has 2 aliphatic heterocycles. The maximum absolute atomic E-state index is 11.6. The molecule has 3 rings (SSSR count). The fourth-order valence-electron chi connectivity index (χ4n) is 3.11. The van der Waals surface area contributed by atoms with Gasteiger partial charge in [0, 0.05) is 36.3 Å². The first-order valence-electron chi connectivity index (χ1n) is 6.13. The van der Waals surface area contributed by atoms with Crippen molar-refractivity contribution in [3.05, 3.63) is 22.4 Å². The van der Waals surface area contributed by atoms with E-state index in [-0.39, 0.29) is 0 Å². The van der Waals surface area contributed by atoms with Crippen molar-refractivity contribution in [1.82, 2.24) is 4.90 Å². The molecule has 86 valence electrons. The molecule has 2 fully saturated rings. The minimum atomic E-state index is 0.483. The van der Waals surface area contributed by atoms with E-state index in [0.29, 0.717) is 17.9 Å². The highest BCUT2D eigenvalue weighted by Crippen LogP contribution is 2.33. The zero-order chi connectivity index (χ0) is 11.0. The van der Waals surface area contributed by atoms with Crippen LogP contribution in [0.4, 0.5) is 0 Å². The fraction of sp³-hybridized carbons (Fsp3) is 0.615. The van der Waals surface area contributed by atoms with Crippen LogP contribution in [0.5, 0.6) is 0 Å². The number of hydrogen-bond acceptors (Lipinski definition) is 3. The van der Waals surface area contributed by atoms with Gasteiger partial charge in [-0.2, -0.15) is 0 Å². The number of nitrogens with zero attached hydrogens (tertiary/aromatic N) is 1. The number of thiophene rings is 1. The van der Waals surface area contributed by atoms with Crippen molar-refractivity contribution in [2.24, 2.45) is 0 Å². The minimum Gasteiger partial charge on any atom is -0.300 e. The number of piperidine rings is 2. The highest BCUT2D eigenvalue weighted by atomic mass is 32.1. The largest absolute Gasteiger partial charge is 0.300 e. The van der Waals surface area contributed by atoms with Crippen LogP contribution >= 0.6 is 11.3 Å². The lowest BCUT2D eigenvalue weighted by atomic mass is 9.84. The Kier molecular flexibility index (Phi) is 2.82. The molecule has 1 aromatic rings. The Morgan fingerprint density at radius 2 is 2.06 bits per heavy atom. The molecular weight excluding hydrogens is 218 g/mol. The first kappa shape index (κ1) is 10.5. The van der Waals surface area contributed by atoms with Crippen molar-refractivity contribution >= 4 is 17.1 Å². The lowest BCUT2D eigenvalue weighted by Gasteiger charge is -2.45. The summed E-state index contributed by atoms with van der Waals surface area (Å²) in [5.74, 6) is 0.483. The topological polar surface area (TPSA) is 20.3 Å². The summed E-state index contributed by atoms with van der Waals surface area (Å²) in [6.45, 7) is 1.06. The Labute approximate surface area is 100 Å². The molecule has 3 heterocycles. The second kappa shape index (κ2) is 4.30. The summed E-state index contributed by atoms with van der Waals surface area (Å²) >= 11 is 1.83. The molecule has 2 saturated heterocycles. The van der Waals surface area contributed by atoms with Crippen molar-refractivity contribution in [2.75, 3.05) is 0 Å². The SMILES string of the molecule is O=C1C[C@H]2CCC[C@H](C1)N2Cc1cccs1. The Hall–Kier alpha value is -0.670. The summed E-state index contributed by atoms with van der Waals surface area (Å²) in [6.07, 6.45) is 5.33. The molecule has 0 radical (unpaired) electrons. The van der Waals surface area contributed by atoms with E-state index in [1.165, 1.54) is 24.1 Å². The van der Waals surface area contributed by atoms with E-state index in [4.69, 9.17) is 0 Å². The average Bonchev–Trinajstić information content (AvgIpc) is 2.72. The van der Waals surface area contributed by atoms with Gasteiger partial charge in [-0.15, -0.1) is 11.3 Å². The number of carbonyl (C=O) groups excluding carboxylic acids is 1. The van der Waals surface area contributed by atoms with Gasteiger partial charge in [-0.25, -0.2) is 0 Å². The van der Waals surface area contributed by atoms with Gasteiger partial charge >= 0.3 is 0 Å². The van der Waals surface area contributed by atoms with E-state index in [9.17, 15) is 4.79 Å². The monoisotopic (exact) mass is 235 g/mol. The van der Waals surface area contributed by atoms with Crippen LogP contribution < -0.4 is 0 Å². The van der Waals surface area contributed by atoms with Gasteiger partial charge in [0.2, 0.25) is 0 Å². The summed E-state index contributed by atoms with van der Waals surface area (Å²) in [5, 5.41) is 2.14. The first-order chi connectivity index (χ1) is 7.83. The fourth-order valence-corrected chi connectivity index (χ4v) is 3.82. The van der Waals surface area contributed by atoms with Crippen LogP contribution in [0.2, 0.25) is 0 Å². The van der Waals surface area contributed by atoms with E-state index in [1.807, 2.05) is 11.3 Å². The molecule has 3 heteroatoms. The van der Waals surface area contributed by atoms with Crippen LogP contribution in [0.1, 0.15) is 37.0 Å². The van der Waals surface area contributed by atoms with Gasteiger partial charge in [-0.1, -0.05) is 12.5 Å². The third kappa shape index (κ3) is 1.94. The van der Waals surface area contributed by atoms with E-state index in [1.54, 1.807) is 0 Å². The van der Waals surface area contributed by atoms with E-state index in [0.717, 1.165) is 19.4 Å². The molecule has 0 N–H and O–H groups in total. The predicted molar refractivity (Wildman–Crippen MR) is 65.5 cm³/mol. The Balaban J connectivity index is 1.76. The van der Waals surface area contributed by atoms with Gasteiger partial charge in [0.15, 0.2) is 0 Å². The minimum absolute atomic E-state index is 0.483. The van der Waals surface area contributed by atoms with Gasteiger partial charge in [0.25, 0.3) is 0 Å². The van der Waals surface area contributed by atoms with Gasteiger partial charge in [-0.3, -0.25) is 9.69 Å². The number of Topliss-reactive ketones (excluding diaryl/α,β-unsaturated/α-hetero) is 1. The normalized spacial score (nSPS) is 30.6. The summed E-state index contributed by atoms with van der Waals surface area (Å²) in [7, 11) is 0. The van der Waals surface area contributed by atoms with Crippen LogP contribution in [-0.2, 0) is 11.3 Å². The van der Waals surface area contributed by atoms with Gasteiger partial charge in [0.05, 0.1) is 0 Å². The molecule has 2 bridgehead atoms. The summed E-state index contributed by atoms with van der Waals surface area (Å²) < 4.78 is 0. The quantitative estimate of drug-likeness (QED) is 0.785.